The molecule has 0 spiro atoms. The first kappa shape index (κ1) is 7.59. The predicted molar refractivity (Wildman–Crippen MR) is 47.4 cm³/mol. The zero-order valence-corrected chi connectivity index (χ0v) is 7.66. The molecule has 0 radical (unpaired) electrons. The van der Waals surface area contributed by atoms with Gasteiger partial charge in [0.2, 0.25) is 0 Å². The van der Waals surface area contributed by atoms with Gasteiger partial charge in [0.05, 0.1) is 6.20 Å². The first-order valence-corrected chi connectivity index (χ1v) is 4.23. The van der Waals surface area contributed by atoms with E-state index in [9.17, 15) is 0 Å². The number of hydrogen-bond acceptors (Lipinski definition) is 2. The van der Waals surface area contributed by atoms with Crippen LogP contribution < -0.4 is 4.74 Å². The third kappa shape index (κ3) is 0.840. The lowest BCUT2D eigenvalue weighted by atomic mass is 9.82. The maximum Gasteiger partial charge on any atom is 0.141 e. The second-order valence-corrected chi connectivity index (χ2v) is 3.85. The number of hydrogen-bond donors (Lipinski definition) is 0. The molecule has 0 saturated heterocycles. The van der Waals surface area contributed by atoms with Crippen molar-refractivity contribution < 1.29 is 4.74 Å². The summed E-state index contributed by atoms with van der Waals surface area (Å²) in [7, 11) is 0. The highest BCUT2D eigenvalue weighted by atomic mass is 16.5. The summed E-state index contributed by atoms with van der Waals surface area (Å²) >= 11 is 0. The van der Waals surface area contributed by atoms with Crippen LogP contribution in [0.3, 0.4) is 0 Å². The zero-order valence-electron chi connectivity index (χ0n) is 7.66. The van der Waals surface area contributed by atoms with E-state index in [1.54, 1.807) is 6.20 Å². The highest BCUT2D eigenvalue weighted by molar-refractivity contribution is 5.41. The van der Waals surface area contributed by atoms with Gasteiger partial charge in [0.1, 0.15) is 11.9 Å². The normalized spacial score (nSPS) is 24.8. The van der Waals surface area contributed by atoms with Crippen molar-refractivity contribution in [2.24, 2.45) is 0 Å². The Kier molecular flexibility index (Phi) is 1.40. The number of fused-ring (bicyclic) bond motifs is 1. The van der Waals surface area contributed by atoms with Crippen LogP contribution in [0.1, 0.15) is 26.3 Å². The number of aromatic nitrogens is 1. The van der Waals surface area contributed by atoms with E-state index in [1.165, 1.54) is 5.56 Å². The molecule has 1 aromatic rings. The summed E-state index contributed by atoms with van der Waals surface area (Å²) in [5.41, 5.74) is 1.39. The van der Waals surface area contributed by atoms with Crippen LogP contribution in [0.2, 0.25) is 0 Å². The molecule has 0 bridgehead atoms. The molecule has 12 heavy (non-hydrogen) atoms. The van der Waals surface area contributed by atoms with Crippen molar-refractivity contribution >= 4 is 0 Å². The number of rotatable bonds is 0. The molecule has 1 atom stereocenters. The van der Waals surface area contributed by atoms with E-state index in [-0.39, 0.29) is 11.5 Å². The van der Waals surface area contributed by atoms with E-state index in [2.05, 4.69) is 25.8 Å². The molecule has 2 heteroatoms. The van der Waals surface area contributed by atoms with Crippen molar-refractivity contribution in [2.45, 2.75) is 32.3 Å². The van der Waals surface area contributed by atoms with Gasteiger partial charge >= 0.3 is 0 Å². The van der Waals surface area contributed by atoms with Gasteiger partial charge in [-0.05, 0) is 13.0 Å². The molecule has 0 saturated carbocycles. The Bertz CT molecular complexity index is 306. The zero-order chi connectivity index (χ0) is 8.77. The molecule has 0 N–H and O–H groups in total. The third-order valence-electron chi connectivity index (χ3n) is 2.80. The van der Waals surface area contributed by atoms with Gasteiger partial charge in [0, 0.05) is 17.2 Å². The van der Waals surface area contributed by atoms with Crippen LogP contribution in [-0.2, 0) is 5.41 Å². The maximum atomic E-state index is 5.66. The van der Waals surface area contributed by atoms with Gasteiger partial charge in [0.15, 0.2) is 0 Å². The van der Waals surface area contributed by atoms with Crippen molar-refractivity contribution in [1.82, 2.24) is 4.98 Å². The Labute approximate surface area is 72.6 Å². The van der Waals surface area contributed by atoms with Crippen molar-refractivity contribution in [3.63, 3.8) is 0 Å². The molecule has 0 fully saturated rings. The Morgan fingerprint density at radius 2 is 2.25 bits per heavy atom. The van der Waals surface area contributed by atoms with Gasteiger partial charge in [-0.1, -0.05) is 13.8 Å². The number of pyridine rings is 1. The average molecular weight is 163 g/mol. The van der Waals surface area contributed by atoms with E-state index in [0.717, 1.165) is 5.75 Å². The van der Waals surface area contributed by atoms with Crippen LogP contribution in [0.5, 0.6) is 5.75 Å². The van der Waals surface area contributed by atoms with Gasteiger partial charge < -0.3 is 4.74 Å². The van der Waals surface area contributed by atoms with E-state index >= 15 is 0 Å². The summed E-state index contributed by atoms with van der Waals surface area (Å²) in [4.78, 5) is 4.03. The molecule has 1 aromatic heterocycles. The Morgan fingerprint density at radius 3 is 2.92 bits per heavy atom. The van der Waals surface area contributed by atoms with E-state index in [1.807, 2.05) is 12.3 Å². The lowest BCUT2D eigenvalue weighted by Crippen LogP contribution is -2.28. The molecule has 2 heterocycles. The summed E-state index contributed by atoms with van der Waals surface area (Å²) in [6.45, 7) is 6.49. The first-order chi connectivity index (χ1) is 5.62. The molecule has 0 amide bonds. The smallest absolute Gasteiger partial charge is 0.141 e. The molecule has 0 aliphatic carbocycles. The molecule has 2 rings (SSSR count). The van der Waals surface area contributed by atoms with Crippen molar-refractivity contribution in [1.29, 1.82) is 0 Å². The van der Waals surface area contributed by atoms with Gasteiger partial charge in [-0.25, -0.2) is 0 Å². The Balaban J connectivity index is 2.55. The minimum absolute atomic E-state index is 0.123. The number of nitrogens with zero attached hydrogens (tertiary/aromatic N) is 1. The molecule has 1 unspecified atom stereocenters. The minimum Gasteiger partial charge on any atom is -0.488 e. The summed E-state index contributed by atoms with van der Waals surface area (Å²) in [6.07, 6.45) is 3.86. The van der Waals surface area contributed by atoms with Crippen LogP contribution in [0, 0.1) is 0 Å². The summed E-state index contributed by atoms with van der Waals surface area (Å²) in [6, 6.07) is 2.04. The van der Waals surface area contributed by atoms with Crippen molar-refractivity contribution in [2.75, 3.05) is 0 Å². The van der Waals surface area contributed by atoms with Crippen LogP contribution >= 0.6 is 0 Å². The van der Waals surface area contributed by atoms with Crippen molar-refractivity contribution in [3.8, 4) is 5.75 Å². The number of ether oxygens (including phenoxy) is 1. The molecule has 64 valence electrons. The van der Waals surface area contributed by atoms with E-state index in [0.29, 0.717) is 0 Å². The SMILES string of the molecule is CC1Oc2cnccc2C1(C)C. The largest absolute Gasteiger partial charge is 0.488 e. The molecule has 1 aliphatic heterocycles. The molecule has 2 nitrogen and oxygen atoms in total. The second kappa shape index (κ2) is 2.22. The quantitative estimate of drug-likeness (QED) is 0.584. The third-order valence-corrected chi connectivity index (χ3v) is 2.80. The molecule has 1 aliphatic rings. The van der Waals surface area contributed by atoms with Gasteiger partial charge in [-0.3, -0.25) is 4.98 Å². The predicted octanol–water partition coefficient (Wildman–Crippen LogP) is 2.14. The topological polar surface area (TPSA) is 22.1 Å². The van der Waals surface area contributed by atoms with E-state index < -0.39 is 0 Å². The Hall–Kier alpha value is -1.05. The molecular formula is C10H13NO. The van der Waals surface area contributed by atoms with E-state index in [4.69, 9.17) is 4.74 Å². The fraction of sp³-hybridized carbons (Fsp3) is 0.500. The Morgan fingerprint density at radius 1 is 1.50 bits per heavy atom. The minimum atomic E-state index is 0.123. The molecule has 0 aromatic carbocycles. The van der Waals surface area contributed by atoms with Crippen molar-refractivity contribution in [3.05, 3.63) is 24.0 Å². The molecular weight excluding hydrogens is 150 g/mol. The van der Waals surface area contributed by atoms with Gasteiger partial charge in [0.25, 0.3) is 0 Å². The second-order valence-electron chi connectivity index (χ2n) is 3.85. The maximum absolute atomic E-state index is 5.66. The van der Waals surface area contributed by atoms with Crippen LogP contribution in [0.4, 0.5) is 0 Å². The van der Waals surface area contributed by atoms with Gasteiger partial charge in [-0.15, -0.1) is 0 Å². The monoisotopic (exact) mass is 163 g/mol. The summed E-state index contributed by atoms with van der Waals surface area (Å²) < 4.78 is 5.66. The lowest BCUT2D eigenvalue weighted by molar-refractivity contribution is 0.185. The van der Waals surface area contributed by atoms with Crippen LogP contribution in [0.25, 0.3) is 0 Å². The highest BCUT2D eigenvalue weighted by Gasteiger charge is 2.38. The standard InChI is InChI=1S/C10H13NO/c1-7-10(2,3)8-4-5-11-6-9(8)12-7/h4-7H,1-3H3. The lowest BCUT2D eigenvalue weighted by Gasteiger charge is -2.21. The summed E-state index contributed by atoms with van der Waals surface area (Å²) in [5.74, 6) is 0.940. The summed E-state index contributed by atoms with van der Waals surface area (Å²) in [5, 5.41) is 0. The van der Waals surface area contributed by atoms with Crippen LogP contribution in [-0.4, -0.2) is 11.1 Å². The average Bonchev–Trinajstić information content (AvgIpc) is 2.25. The van der Waals surface area contributed by atoms with Gasteiger partial charge in [-0.2, -0.15) is 0 Å². The first-order valence-electron chi connectivity index (χ1n) is 4.23. The fourth-order valence-electron chi connectivity index (χ4n) is 1.56. The van der Waals surface area contributed by atoms with Crippen LogP contribution in [0.15, 0.2) is 18.5 Å². The fourth-order valence-corrected chi connectivity index (χ4v) is 1.56. The highest BCUT2D eigenvalue weighted by Crippen LogP contribution is 2.41.